The third-order valence-electron chi connectivity index (χ3n) is 2.78. The molecular formula is C12H25NO4S. The summed E-state index contributed by atoms with van der Waals surface area (Å²) in [6.07, 6.45) is 4.09. The molecule has 1 atom stereocenters. The van der Waals surface area contributed by atoms with Gasteiger partial charge in [-0.1, -0.05) is 40.0 Å². The molecule has 0 aromatic rings. The molecular weight excluding hydrogens is 254 g/mol. The van der Waals surface area contributed by atoms with Crippen LogP contribution in [0.25, 0.3) is 0 Å². The summed E-state index contributed by atoms with van der Waals surface area (Å²) in [4.78, 5) is 11.6. The van der Waals surface area contributed by atoms with Crippen molar-refractivity contribution in [3.63, 3.8) is 0 Å². The quantitative estimate of drug-likeness (QED) is 0.498. The topological polar surface area (TPSA) is 83.5 Å². The monoisotopic (exact) mass is 279 g/mol. The molecule has 5 nitrogen and oxygen atoms in total. The van der Waals surface area contributed by atoms with Gasteiger partial charge in [0, 0.05) is 12.5 Å². The van der Waals surface area contributed by atoms with E-state index in [0.717, 1.165) is 25.7 Å². The van der Waals surface area contributed by atoms with E-state index in [1.807, 2.05) is 6.92 Å². The second kappa shape index (κ2) is 8.48. The molecule has 0 aromatic heterocycles. The van der Waals surface area contributed by atoms with E-state index < -0.39 is 15.9 Å². The Bertz CT molecular complexity index is 338. The van der Waals surface area contributed by atoms with Gasteiger partial charge in [-0.2, -0.15) is 8.42 Å². The molecule has 108 valence electrons. The van der Waals surface area contributed by atoms with Crippen molar-refractivity contribution >= 4 is 16.0 Å². The molecule has 0 spiro atoms. The molecule has 0 radical (unpaired) electrons. The molecule has 1 amide bonds. The molecule has 0 saturated heterocycles. The van der Waals surface area contributed by atoms with Crippen molar-refractivity contribution in [3.8, 4) is 0 Å². The number of rotatable bonds is 9. The average molecular weight is 279 g/mol. The second-order valence-electron chi connectivity index (χ2n) is 5.16. The maximum atomic E-state index is 11.6. The zero-order valence-corrected chi connectivity index (χ0v) is 12.3. The van der Waals surface area contributed by atoms with Crippen molar-refractivity contribution in [1.82, 2.24) is 5.32 Å². The maximum absolute atomic E-state index is 11.6. The molecule has 0 saturated carbocycles. The highest BCUT2D eigenvalue weighted by Crippen LogP contribution is 2.12. The number of nitrogens with one attached hydrogen (secondary N) is 1. The van der Waals surface area contributed by atoms with Crippen LogP contribution in [0.2, 0.25) is 0 Å². The summed E-state index contributed by atoms with van der Waals surface area (Å²) >= 11 is 0. The average Bonchev–Trinajstić information content (AvgIpc) is 2.21. The van der Waals surface area contributed by atoms with Crippen molar-refractivity contribution in [1.29, 1.82) is 0 Å². The number of carbonyl (C=O) groups is 1. The van der Waals surface area contributed by atoms with E-state index in [0.29, 0.717) is 5.92 Å². The Morgan fingerprint density at radius 3 is 2.22 bits per heavy atom. The van der Waals surface area contributed by atoms with Crippen molar-refractivity contribution in [2.75, 3.05) is 12.3 Å². The number of amides is 1. The number of unbranched alkanes of at least 4 members (excludes halogenated alkanes) is 1. The van der Waals surface area contributed by atoms with Gasteiger partial charge < -0.3 is 5.32 Å². The van der Waals surface area contributed by atoms with Crippen LogP contribution in [0.5, 0.6) is 0 Å². The van der Waals surface area contributed by atoms with Gasteiger partial charge in [0.25, 0.3) is 10.1 Å². The summed E-state index contributed by atoms with van der Waals surface area (Å²) in [6.45, 7) is 6.14. The van der Waals surface area contributed by atoms with Crippen LogP contribution in [0.3, 0.4) is 0 Å². The van der Waals surface area contributed by atoms with Crippen LogP contribution in [-0.2, 0) is 14.9 Å². The summed E-state index contributed by atoms with van der Waals surface area (Å²) in [6, 6.07) is 0. The molecule has 18 heavy (non-hydrogen) atoms. The van der Waals surface area contributed by atoms with E-state index in [1.54, 1.807) is 0 Å². The lowest BCUT2D eigenvalue weighted by Crippen LogP contribution is -2.33. The predicted molar refractivity (Wildman–Crippen MR) is 71.9 cm³/mol. The molecule has 0 fully saturated rings. The first-order valence-electron chi connectivity index (χ1n) is 6.45. The van der Waals surface area contributed by atoms with Crippen LogP contribution in [0.1, 0.15) is 46.5 Å². The van der Waals surface area contributed by atoms with Gasteiger partial charge in [0.2, 0.25) is 5.91 Å². The Morgan fingerprint density at radius 2 is 1.72 bits per heavy atom. The van der Waals surface area contributed by atoms with E-state index >= 15 is 0 Å². The van der Waals surface area contributed by atoms with E-state index in [-0.39, 0.29) is 18.4 Å². The Balaban J connectivity index is 3.70. The minimum absolute atomic E-state index is 0.0337. The standard InChI is InChI=1S/C12H25NO4S/c1-10(2)6-4-5-7-11(3)12(14)13-8-9-18(15,16)17/h10-11H,4-9H2,1-3H3,(H,13,14)(H,15,16,17). The maximum Gasteiger partial charge on any atom is 0.266 e. The van der Waals surface area contributed by atoms with Crippen molar-refractivity contribution in [2.24, 2.45) is 11.8 Å². The zero-order chi connectivity index (χ0) is 14.2. The van der Waals surface area contributed by atoms with Crippen molar-refractivity contribution in [2.45, 2.75) is 46.5 Å². The van der Waals surface area contributed by atoms with E-state index in [1.165, 1.54) is 0 Å². The summed E-state index contributed by atoms with van der Waals surface area (Å²) in [5.41, 5.74) is 0. The molecule has 0 rings (SSSR count). The Kier molecular flexibility index (Phi) is 8.18. The molecule has 6 heteroatoms. The fraction of sp³-hybridized carbons (Fsp3) is 0.917. The Morgan fingerprint density at radius 1 is 1.17 bits per heavy atom. The van der Waals surface area contributed by atoms with Crippen LogP contribution >= 0.6 is 0 Å². The molecule has 0 aliphatic heterocycles. The third kappa shape index (κ3) is 10.5. The van der Waals surface area contributed by atoms with Gasteiger partial charge in [0.1, 0.15) is 0 Å². The first kappa shape index (κ1) is 17.4. The normalized spacial score (nSPS) is 13.6. The third-order valence-corrected chi connectivity index (χ3v) is 3.50. The summed E-state index contributed by atoms with van der Waals surface area (Å²) in [5, 5.41) is 2.51. The molecule has 0 bridgehead atoms. The summed E-state index contributed by atoms with van der Waals surface area (Å²) in [7, 11) is -3.99. The summed E-state index contributed by atoms with van der Waals surface area (Å²) < 4.78 is 29.4. The van der Waals surface area contributed by atoms with E-state index in [4.69, 9.17) is 4.55 Å². The predicted octanol–water partition coefficient (Wildman–Crippen LogP) is 1.84. The van der Waals surface area contributed by atoms with Crippen LogP contribution < -0.4 is 5.32 Å². The molecule has 0 aliphatic carbocycles. The van der Waals surface area contributed by atoms with Gasteiger partial charge in [-0.05, 0) is 12.3 Å². The van der Waals surface area contributed by atoms with Crippen molar-refractivity contribution < 1.29 is 17.8 Å². The number of hydrogen-bond donors (Lipinski definition) is 2. The van der Waals surface area contributed by atoms with Crippen LogP contribution in [0.15, 0.2) is 0 Å². The first-order valence-corrected chi connectivity index (χ1v) is 8.06. The van der Waals surface area contributed by atoms with Crippen LogP contribution in [0.4, 0.5) is 0 Å². The van der Waals surface area contributed by atoms with Crippen LogP contribution in [0, 0.1) is 11.8 Å². The van der Waals surface area contributed by atoms with Gasteiger partial charge in [0.15, 0.2) is 0 Å². The molecule has 0 aromatic carbocycles. The zero-order valence-electron chi connectivity index (χ0n) is 11.5. The smallest absolute Gasteiger partial charge is 0.266 e. The Labute approximate surface area is 110 Å². The van der Waals surface area contributed by atoms with Crippen molar-refractivity contribution in [3.05, 3.63) is 0 Å². The number of carbonyl (C=O) groups excluding carboxylic acids is 1. The van der Waals surface area contributed by atoms with E-state index in [9.17, 15) is 13.2 Å². The highest BCUT2D eigenvalue weighted by Gasteiger charge is 2.13. The molecule has 0 aliphatic rings. The fourth-order valence-corrected chi connectivity index (χ4v) is 1.97. The Hall–Kier alpha value is -0.620. The fourth-order valence-electron chi connectivity index (χ4n) is 1.61. The lowest BCUT2D eigenvalue weighted by molar-refractivity contribution is -0.124. The molecule has 0 heterocycles. The van der Waals surface area contributed by atoms with Crippen LogP contribution in [-0.4, -0.2) is 31.2 Å². The largest absolute Gasteiger partial charge is 0.355 e. The van der Waals surface area contributed by atoms with Gasteiger partial charge in [0.05, 0.1) is 5.75 Å². The molecule has 2 N–H and O–H groups in total. The van der Waals surface area contributed by atoms with Gasteiger partial charge in [-0.25, -0.2) is 0 Å². The van der Waals surface area contributed by atoms with Gasteiger partial charge in [-0.15, -0.1) is 0 Å². The van der Waals surface area contributed by atoms with E-state index in [2.05, 4.69) is 19.2 Å². The lowest BCUT2D eigenvalue weighted by atomic mass is 9.99. The minimum atomic E-state index is -3.99. The SMILES string of the molecule is CC(C)CCCCC(C)C(=O)NCCS(=O)(=O)O. The lowest BCUT2D eigenvalue weighted by Gasteiger charge is -2.12. The first-order chi connectivity index (χ1) is 8.22. The highest BCUT2D eigenvalue weighted by atomic mass is 32.2. The second-order valence-corrected chi connectivity index (χ2v) is 6.73. The van der Waals surface area contributed by atoms with Gasteiger partial charge >= 0.3 is 0 Å². The molecule has 1 unspecified atom stereocenters. The summed E-state index contributed by atoms with van der Waals surface area (Å²) in [5.74, 6) is -0.00984. The number of hydrogen-bond acceptors (Lipinski definition) is 3. The van der Waals surface area contributed by atoms with Gasteiger partial charge in [-0.3, -0.25) is 9.35 Å². The minimum Gasteiger partial charge on any atom is -0.355 e. The highest BCUT2D eigenvalue weighted by molar-refractivity contribution is 7.85.